The van der Waals surface area contributed by atoms with Gasteiger partial charge in [0.25, 0.3) is 0 Å². The Labute approximate surface area is 102 Å². The molecule has 0 saturated carbocycles. The molecule has 0 aliphatic carbocycles. The van der Waals surface area contributed by atoms with Crippen LogP contribution in [0.15, 0.2) is 53.5 Å². The smallest absolute Gasteiger partial charge is 0.195 e. The van der Waals surface area contributed by atoms with E-state index in [1.165, 1.54) is 0 Å². The van der Waals surface area contributed by atoms with Gasteiger partial charge in [-0.2, -0.15) is 0 Å². The van der Waals surface area contributed by atoms with Gasteiger partial charge in [-0.1, -0.05) is 17.7 Å². The van der Waals surface area contributed by atoms with Crippen LogP contribution in [0.3, 0.4) is 0 Å². The van der Waals surface area contributed by atoms with Crippen molar-refractivity contribution in [2.24, 2.45) is 0 Å². The highest BCUT2D eigenvalue weighted by atomic mass is 35.5. The van der Waals surface area contributed by atoms with Gasteiger partial charge in [0.1, 0.15) is 0 Å². The molecule has 0 bridgehead atoms. The molecule has 82 valence electrons. The second kappa shape index (κ2) is 3.82. The molecule has 0 saturated heterocycles. The lowest BCUT2D eigenvalue weighted by atomic mass is 10.1. The SMILES string of the molecule is O=c1c2ccc(Cl)cc2ccc2ncccc12. The molecule has 0 aliphatic rings. The van der Waals surface area contributed by atoms with E-state index in [0.717, 1.165) is 5.39 Å². The van der Waals surface area contributed by atoms with Gasteiger partial charge in [-0.25, -0.2) is 0 Å². The highest BCUT2D eigenvalue weighted by Gasteiger charge is 2.02. The minimum atomic E-state index is -0.00948. The Balaban J connectivity index is 2.63. The van der Waals surface area contributed by atoms with Crippen LogP contribution in [-0.2, 0) is 0 Å². The predicted octanol–water partition coefficient (Wildman–Crippen LogP) is 3.40. The number of halogens is 1. The van der Waals surface area contributed by atoms with Gasteiger partial charge in [-0.05, 0) is 41.8 Å². The van der Waals surface area contributed by atoms with Gasteiger partial charge in [0, 0.05) is 22.0 Å². The molecule has 0 atom stereocenters. The Morgan fingerprint density at radius 2 is 1.88 bits per heavy atom. The Bertz CT molecular complexity index is 783. The predicted molar refractivity (Wildman–Crippen MR) is 70.5 cm³/mol. The Kier molecular flexibility index (Phi) is 2.30. The number of hydrogen-bond donors (Lipinski definition) is 0. The lowest BCUT2D eigenvalue weighted by Gasteiger charge is -1.92. The van der Waals surface area contributed by atoms with Crippen molar-refractivity contribution in [3.05, 3.63) is 63.9 Å². The molecule has 1 aromatic heterocycles. The summed E-state index contributed by atoms with van der Waals surface area (Å²) in [7, 11) is 0. The number of rotatable bonds is 0. The zero-order chi connectivity index (χ0) is 11.8. The summed E-state index contributed by atoms with van der Waals surface area (Å²) in [6, 6.07) is 12.6. The first-order chi connectivity index (χ1) is 8.25. The van der Waals surface area contributed by atoms with Crippen molar-refractivity contribution >= 4 is 33.3 Å². The number of benzene rings is 1. The first kappa shape index (κ1) is 10.2. The zero-order valence-electron chi connectivity index (χ0n) is 8.85. The molecule has 2 nitrogen and oxygen atoms in total. The molecule has 0 aliphatic heterocycles. The molecule has 3 aromatic rings. The third-order valence-electron chi connectivity index (χ3n) is 2.76. The van der Waals surface area contributed by atoms with Crippen LogP contribution < -0.4 is 5.43 Å². The van der Waals surface area contributed by atoms with Crippen molar-refractivity contribution in [2.45, 2.75) is 0 Å². The van der Waals surface area contributed by atoms with Crippen LogP contribution in [0.2, 0.25) is 5.02 Å². The van der Waals surface area contributed by atoms with Crippen LogP contribution in [0.1, 0.15) is 0 Å². The van der Waals surface area contributed by atoms with Crippen LogP contribution >= 0.6 is 11.6 Å². The zero-order valence-corrected chi connectivity index (χ0v) is 9.61. The van der Waals surface area contributed by atoms with E-state index >= 15 is 0 Å². The molecule has 1 heterocycles. The Morgan fingerprint density at radius 3 is 2.76 bits per heavy atom. The van der Waals surface area contributed by atoms with E-state index in [2.05, 4.69) is 4.98 Å². The molecule has 3 rings (SSSR count). The average molecular weight is 242 g/mol. The molecule has 0 unspecified atom stereocenters. The van der Waals surface area contributed by atoms with Crippen LogP contribution in [0.25, 0.3) is 21.7 Å². The summed E-state index contributed by atoms with van der Waals surface area (Å²) in [5.74, 6) is 0. The molecule has 0 spiro atoms. The maximum atomic E-state index is 12.3. The van der Waals surface area contributed by atoms with Crippen molar-refractivity contribution in [3.8, 4) is 0 Å². The standard InChI is InChI=1S/C14H8ClNO/c15-10-4-5-11-9(8-10)3-6-13-12(14(11)17)2-1-7-16-13/h1-8H. The Morgan fingerprint density at radius 1 is 1.00 bits per heavy atom. The fourth-order valence-electron chi connectivity index (χ4n) is 1.93. The maximum absolute atomic E-state index is 12.3. The number of hydrogen-bond acceptors (Lipinski definition) is 2. The summed E-state index contributed by atoms with van der Waals surface area (Å²) in [5.41, 5.74) is 0.689. The molecule has 2 aromatic carbocycles. The van der Waals surface area contributed by atoms with Crippen LogP contribution in [0, 0.1) is 0 Å². The van der Waals surface area contributed by atoms with E-state index in [9.17, 15) is 4.79 Å². The molecule has 0 radical (unpaired) electrons. The molecule has 17 heavy (non-hydrogen) atoms. The molecule has 0 fully saturated rings. The van der Waals surface area contributed by atoms with Gasteiger partial charge >= 0.3 is 0 Å². The van der Waals surface area contributed by atoms with E-state index in [1.54, 1.807) is 36.5 Å². The number of nitrogens with zero attached hydrogens (tertiary/aromatic N) is 1. The summed E-state index contributed by atoms with van der Waals surface area (Å²) in [6.45, 7) is 0. The van der Waals surface area contributed by atoms with Gasteiger partial charge in [-0.3, -0.25) is 9.78 Å². The second-order valence-corrected chi connectivity index (χ2v) is 4.27. The highest BCUT2D eigenvalue weighted by molar-refractivity contribution is 6.31. The van der Waals surface area contributed by atoms with Gasteiger partial charge in [0.05, 0.1) is 5.52 Å². The largest absolute Gasteiger partial charge is 0.289 e. The monoisotopic (exact) mass is 241 g/mol. The fourth-order valence-corrected chi connectivity index (χ4v) is 2.11. The average Bonchev–Trinajstić information content (AvgIpc) is 2.48. The van der Waals surface area contributed by atoms with Gasteiger partial charge < -0.3 is 0 Å². The summed E-state index contributed by atoms with van der Waals surface area (Å²) in [4.78, 5) is 16.5. The van der Waals surface area contributed by atoms with Crippen molar-refractivity contribution in [1.82, 2.24) is 4.98 Å². The van der Waals surface area contributed by atoms with Crippen LogP contribution in [0.4, 0.5) is 0 Å². The van der Waals surface area contributed by atoms with E-state index in [0.29, 0.717) is 21.3 Å². The van der Waals surface area contributed by atoms with Gasteiger partial charge in [0.2, 0.25) is 0 Å². The van der Waals surface area contributed by atoms with E-state index in [1.807, 2.05) is 12.1 Å². The van der Waals surface area contributed by atoms with Crippen LogP contribution in [-0.4, -0.2) is 4.98 Å². The summed E-state index contributed by atoms with van der Waals surface area (Å²) in [6.07, 6.45) is 1.68. The summed E-state index contributed by atoms with van der Waals surface area (Å²) < 4.78 is 0. The van der Waals surface area contributed by atoms with Crippen molar-refractivity contribution in [1.29, 1.82) is 0 Å². The Hall–Kier alpha value is -1.93. The number of aromatic nitrogens is 1. The lowest BCUT2D eigenvalue weighted by Crippen LogP contribution is -1.98. The molecular weight excluding hydrogens is 234 g/mol. The van der Waals surface area contributed by atoms with Crippen molar-refractivity contribution in [3.63, 3.8) is 0 Å². The van der Waals surface area contributed by atoms with Crippen molar-refractivity contribution < 1.29 is 0 Å². The lowest BCUT2D eigenvalue weighted by molar-refractivity contribution is 1.42. The van der Waals surface area contributed by atoms with Crippen LogP contribution in [0.5, 0.6) is 0 Å². The van der Waals surface area contributed by atoms with E-state index < -0.39 is 0 Å². The third-order valence-corrected chi connectivity index (χ3v) is 3.00. The minimum absolute atomic E-state index is 0.00948. The number of fused-ring (bicyclic) bond motifs is 2. The third kappa shape index (κ3) is 1.67. The number of pyridine rings is 1. The normalized spacial score (nSPS) is 10.9. The molecule has 0 amide bonds. The summed E-state index contributed by atoms with van der Waals surface area (Å²) in [5, 5.41) is 2.75. The van der Waals surface area contributed by atoms with Gasteiger partial charge in [-0.15, -0.1) is 0 Å². The van der Waals surface area contributed by atoms with E-state index in [-0.39, 0.29) is 5.43 Å². The van der Waals surface area contributed by atoms with Gasteiger partial charge in [0.15, 0.2) is 5.43 Å². The minimum Gasteiger partial charge on any atom is -0.289 e. The first-order valence-corrected chi connectivity index (χ1v) is 5.61. The fraction of sp³-hybridized carbons (Fsp3) is 0. The molecule has 0 N–H and O–H groups in total. The molecular formula is C14H8ClNO. The first-order valence-electron chi connectivity index (χ1n) is 5.23. The molecule has 3 heteroatoms. The summed E-state index contributed by atoms with van der Waals surface area (Å²) >= 11 is 5.93. The second-order valence-electron chi connectivity index (χ2n) is 3.83. The van der Waals surface area contributed by atoms with Crippen molar-refractivity contribution in [2.75, 3.05) is 0 Å². The van der Waals surface area contributed by atoms with E-state index in [4.69, 9.17) is 11.6 Å². The quantitative estimate of drug-likeness (QED) is 0.604. The topological polar surface area (TPSA) is 30.0 Å². The maximum Gasteiger partial charge on any atom is 0.195 e. The highest BCUT2D eigenvalue weighted by Crippen LogP contribution is 2.18.